The summed E-state index contributed by atoms with van der Waals surface area (Å²) in [5.41, 5.74) is 0.549. The Balaban J connectivity index is 1.78. The van der Waals surface area contributed by atoms with E-state index in [0.717, 1.165) is 28.2 Å². The van der Waals surface area contributed by atoms with Crippen LogP contribution < -0.4 is 9.46 Å². The van der Waals surface area contributed by atoms with Gasteiger partial charge in [0.2, 0.25) is 0 Å². The minimum absolute atomic E-state index is 0.0348. The van der Waals surface area contributed by atoms with Crippen LogP contribution in [0.25, 0.3) is 0 Å². The fourth-order valence-electron chi connectivity index (χ4n) is 2.62. The van der Waals surface area contributed by atoms with Crippen molar-refractivity contribution in [1.82, 2.24) is 4.72 Å². The maximum atomic E-state index is 12.6. The van der Waals surface area contributed by atoms with Gasteiger partial charge in [0.25, 0.3) is 21.6 Å². The molecule has 8 nitrogen and oxygen atoms in total. The average Bonchev–Trinajstić information content (AvgIpc) is 2.73. The predicted molar refractivity (Wildman–Crippen MR) is 128 cm³/mol. The molecule has 166 valence electrons. The Morgan fingerprint density at radius 2 is 1.66 bits per heavy atom. The predicted octanol–water partition coefficient (Wildman–Crippen LogP) is 5.58. The summed E-state index contributed by atoms with van der Waals surface area (Å²) in [6.07, 6.45) is 0. The van der Waals surface area contributed by atoms with Crippen LogP contribution in [0.3, 0.4) is 0 Å². The van der Waals surface area contributed by atoms with E-state index in [9.17, 15) is 23.3 Å². The number of hydrogen-bond acceptors (Lipinski definition) is 6. The van der Waals surface area contributed by atoms with Crippen molar-refractivity contribution >= 4 is 69.4 Å². The molecule has 0 atom stereocenters. The highest BCUT2D eigenvalue weighted by atomic mass is 79.9. The lowest BCUT2D eigenvalue weighted by Gasteiger charge is -2.13. The van der Waals surface area contributed by atoms with Gasteiger partial charge in [0.05, 0.1) is 18.8 Å². The van der Waals surface area contributed by atoms with Crippen molar-refractivity contribution in [2.75, 3.05) is 0 Å². The molecule has 0 aliphatic heterocycles. The summed E-state index contributed by atoms with van der Waals surface area (Å²) in [6.45, 7) is 0.267. The van der Waals surface area contributed by atoms with Gasteiger partial charge in [-0.15, -0.1) is 0 Å². The highest BCUT2D eigenvalue weighted by Crippen LogP contribution is 2.35. The molecule has 0 unspecified atom stereocenters. The maximum absolute atomic E-state index is 12.6. The Morgan fingerprint density at radius 1 is 1.00 bits per heavy atom. The number of carbonyl (C=O) groups excluding carboxylic acids is 1. The van der Waals surface area contributed by atoms with Crippen molar-refractivity contribution in [2.45, 2.75) is 11.5 Å². The van der Waals surface area contributed by atoms with Crippen molar-refractivity contribution in [3.63, 3.8) is 0 Å². The molecule has 0 aliphatic carbocycles. The van der Waals surface area contributed by atoms with E-state index in [1.807, 2.05) is 29.0 Å². The fraction of sp³-hybridized carbons (Fsp3) is 0.0500. The fourth-order valence-corrected chi connectivity index (χ4v) is 5.49. The molecule has 0 aromatic heterocycles. The normalized spacial score (nSPS) is 11.1. The monoisotopic (exact) mass is 646 g/mol. The van der Waals surface area contributed by atoms with Crippen LogP contribution in [0.2, 0.25) is 0 Å². The zero-order valence-electron chi connectivity index (χ0n) is 15.9. The first-order valence-electron chi connectivity index (χ1n) is 8.75. The van der Waals surface area contributed by atoms with E-state index in [2.05, 4.69) is 47.8 Å². The number of carbonyl (C=O) groups is 1. The average molecular weight is 649 g/mol. The zero-order chi connectivity index (χ0) is 23.5. The van der Waals surface area contributed by atoms with Crippen molar-refractivity contribution < 1.29 is 22.9 Å². The van der Waals surface area contributed by atoms with Crippen molar-refractivity contribution in [3.05, 3.63) is 95.3 Å². The number of rotatable bonds is 7. The number of nitrogens with zero attached hydrogens (tertiary/aromatic N) is 1. The minimum Gasteiger partial charge on any atom is -0.487 e. The Labute approximate surface area is 208 Å². The van der Waals surface area contributed by atoms with Crippen LogP contribution in [0, 0.1) is 10.1 Å². The van der Waals surface area contributed by atoms with Gasteiger partial charge in [-0.05, 0) is 67.8 Å². The molecule has 0 saturated heterocycles. The number of benzene rings is 3. The molecule has 32 heavy (non-hydrogen) atoms. The third-order valence-corrected chi connectivity index (χ3v) is 7.10. The molecule has 0 fully saturated rings. The summed E-state index contributed by atoms with van der Waals surface area (Å²) < 4.78 is 34.5. The van der Waals surface area contributed by atoms with Gasteiger partial charge in [0.15, 0.2) is 0 Å². The molecule has 0 heterocycles. The first-order valence-corrected chi connectivity index (χ1v) is 12.6. The van der Waals surface area contributed by atoms with Gasteiger partial charge >= 0.3 is 0 Å². The van der Waals surface area contributed by atoms with E-state index in [-0.39, 0.29) is 12.2 Å². The summed E-state index contributed by atoms with van der Waals surface area (Å²) in [7, 11) is -4.32. The number of nitrogens with one attached hydrogen (secondary N) is 1. The van der Waals surface area contributed by atoms with Gasteiger partial charge in [0, 0.05) is 22.2 Å². The van der Waals surface area contributed by atoms with E-state index in [4.69, 9.17) is 4.74 Å². The van der Waals surface area contributed by atoms with Gasteiger partial charge in [-0.3, -0.25) is 14.9 Å². The number of sulfonamides is 1. The van der Waals surface area contributed by atoms with Crippen molar-refractivity contribution in [3.8, 4) is 5.75 Å². The van der Waals surface area contributed by atoms with E-state index < -0.39 is 31.4 Å². The summed E-state index contributed by atoms with van der Waals surface area (Å²) in [4.78, 5) is 22.3. The lowest BCUT2D eigenvalue weighted by molar-refractivity contribution is -0.385. The minimum atomic E-state index is -4.32. The smallest absolute Gasteiger partial charge is 0.270 e. The maximum Gasteiger partial charge on any atom is 0.270 e. The standard InChI is InChI=1S/C20H13Br3N2O6S/c21-14-4-1-3-12(7-14)11-31-19-17(22)8-13(9-18(19)23)20(26)24-32(29,30)16-6-2-5-15(10-16)25(27)28/h1-10H,11H2,(H,24,26). The zero-order valence-corrected chi connectivity index (χ0v) is 21.5. The summed E-state index contributed by atoms with van der Waals surface area (Å²) in [6, 6.07) is 14.8. The second-order valence-electron chi connectivity index (χ2n) is 6.38. The van der Waals surface area contributed by atoms with Gasteiger partial charge in [-0.1, -0.05) is 34.1 Å². The molecule has 3 aromatic carbocycles. The molecule has 1 amide bonds. The molecule has 3 aromatic rings. The highest BCUT2D eigenvalue weighted by molar-refractivity contribution is 9.11. The Kier molecular flexibility index (Phi) is 7.70. The molecule has 3 rings (SSSR count). The van der Waals surface area contributed by atoms with E-state index >= 15 is 0 Å². The van der Waals surface area contributed by atoms with Crippen molar-refractivity contribution in [1.29, 1.82) is 0 Å². The van der Waals surface area contributed by atoms with Gasteiger partial charge < -0.3 is 4.74 Å². The highest BCUT2D eigenvalue weighted by Gasteiger charge is 2.22. The number of nitro groups is 1. The van der Waals surface area contributed by atoms with E-state index in [1.54, 1.807) is 0 Å². The topological polar surface area (TPSA) is 116 Å². The van der Waals surface area contributed by atoms with Crippen LogP contribution in [-0.2, 0) is 16.6 Å². The van der Waals surface area contributed by atoms with Crippen molar-refractivity contribution in [2.24, 2.45) is 0 Å². The number of hydrogen-bond donors (Lipinski definition) is 1. The number of ether oxygens (including phenoxy) is 1. The lowest BCUT2D eigenvalue weighted by Crippen LogP contribution is -2.30. The van der Waals surface area contributed by atoms with Crippen LogP contribution in [0.1, 0.15) is 15.9 Å². The van der Waals surface area contributed by atoms with E-state index in [0.29, 0.717) is 14.7 Å². The number of non-ortho nitro benzene ring substituents is 1. The third-order valence-electron chi connectivity index (χ3n) is 4.10. The summed E-state index contributed by atoms with van der Waals surface area (Å²) in [5.74, 6) is -0.473. The second kappa shape index (κ2) is 10.1. The molecule has 0 bridgehead atoms. The van der Waals surface area contributed by atoms with Crippen LogP contribution in [-0.4, -0.2) is 19.2 Å². The largest absolute Gasteiger partial charge is 0.487 e. The molecule has 12 heteroatoms. The number of halogens is 3. The Morgan fingerprint density at radius 3 is 2.28 bits per heavy atom. The molecule has 0 spiro atoms. The number of nitro benzene ring substituents is 1. The van der Waals surface area contributed by atoms with Crippen LogP contribution >= 0.6 is 47.8 Å². The second-order valence-corrected chi connectivity index (χ2v) is 10.7. The van der Waals surface area contributed by atoms with Gasteiger partial charge in [-0.25, -0.2) is 13.1 Å². The number of amides is 1. The van der Waals surface area contributed by atoms with Crippen LogP contribution in [0.5, 0.6) is 5.75 Å². The molecule has 0 aliphatic rings. The van der Waals surface area contributed by atoms with Crippen LogP contribution in [0.4, 0.5) is 5.69 Å². The van der Waals surface area contributed by atoms with E-state index in [1.165, 1.54) is 18.2 Å². The van der Waals surface area contributed by atoms with Crippen LogP contribution in [0.15, 0.2) is 79.0 Å². The van der Waals surface area contributed by atoms with Gasteiger partial charge in [-0.2, -0.15) is 0 Å². The Bertz CT molecular complexity index is 1290. The summed E-state index contributed by atoms with van der Waals surface area (Å²) in [5, 5.41) is 10.9. The molecule has 0 radical (unpaired) electrons. The molecular formula is C20H13Br3N2O6S. The third kappa shape index (κ3) is 5.94. The lowest BCUT2D eigenvalue weighted by atomic mass is 10.2. The quantitative estimate of drug-likeness (QED) is 0.264. The first kappa shape index (κ1) is 24.4. The SMILES string of the molecule is O=C(NS(=O)(=O)c1cccc([N+](=O)[O-])c1)c1cc(Br)c(OCc2cccc(Br)c2)c(Br)c1. The first-order chi connectivity index (χ1) is 15.1. The Hall–Kier alpha value is -2.28. The van der Waals surface area contributed by atoms with Gasteiger partial charge in [0.1, 0.15) is 12.4 Å². The molecule has 0 saturated carbocycles. The molecular weight excluding hydrogens is 636 g/mol. The summed E-state index contributed by atoms with van der Waals surface area (Å²) >= 11 is 10.1. The molecule has 1 N–H and O–H groups in total.